The van der Waals surface area contributed by atoms with Crippen LogP contribution in [0.2, 0.25) is 0 Å². The average Bonchev–Trinajstić information content (AvgIpc) is 3.15. The summed E-state index contributed by atoms with van der Waals surface area (Å²) in [5.74, 6) is 0.683. The minimum Gasteiger partial charge on any atom is -0.298 e. The molecule has 0 atom stereocenters. The first-order chi connectivity index (χ1) is 23.2. The molecule has 5 aromatic carbocycles. The van der Waals surface area contributed by atoms with Crippen LogP contribution in [-0.4, -0.2) is 26.4 Å². The molecule has 47 heavy (non-hydrogen) atoms. The molecule has 1 aliphatic carbocycles. The Balaban J connectivity index is 1.27. The van der Waals surface area contributed by atoms with Crippen LogP contribution in [0, 0.1) is 5.41 Å². The predicted octanol–water partition coefficient (Wildman–Crippen LogP) is 10.0. The first kappa shape index (κ1) is 28.5. The van der Waals surface area contributed by atoms with Crippen molar-refractivity contribution in [2.24, 2.45) is 4.40 Å². The van der Waals surface area contributed by atoms with Crippen molar-refractivity contribution in [1.29, 1.82) is 5.41 Å². The Morgan fingerprint density at radius 1 is 0.532 bits per heavy atom. The van der Waals surface area contributed by atoms with E-state index in [0.717, 1.165) is 72.5 Å². The van der Waals surface area contributed by atoms with Crippen molar-refractivity contribution in [2.75, 3.05) is 0 Å². The fourth-order valence-corrected chi connectivity index (χ4v) is 6.29. The van der Waals surface area contributed by atoms with Gasteiger partial charge in [-0.2, -0.15) is 0 Å². The van der Waals surface area contributed by atoms with Crippen molar-refractivity contribution < 1.29 is 0 Å². The van der Waals surface area contributed by atoms with E-state index in [0.29, 0.717) is 17.2 Å². The number of nitrogens with zero attached hydrogens (tertiary/aromatic N) is 4. The number of benzene rings is 5. The first-order valence-corrected chi connectivity index (χ1v) is 15.7. The Morgan fingerprint density at radius 2 is 1.11 bits per heavy atom. The zero-order chi connectivity index (χ0) is 31.7. The van der Waals surface area contributed by atoms with E-state index >= 15 is 0 Å². The Hall–Kier alpha value is -5.98. The lowest BCUT2D eigenvalue weighted by atomic mass is 9.87. The maximum atomic E-state index is 9.06. The maximum Gasteiger partial charge on any atom is 0.160 e. The van der Waals surface area contributed by atoms with Crippen LogP contribution in [0.3, 0.4) is 0 Å². The van der Waals surface area contributed by atoms with Crippen LogP contribution in [-0.2, 0) is 0 Å². The monoisotopic (exact) mass is 621 g/mol. The summed E-state index contributed by atoms with van der Waals surface area (Å²) in [4.78, 5) is 15.2. The van der Waals surface area contributed by atoms with Gasteiger partial charge in [-0.3, -0.25) is 5.41 Å². The van der Waals surface area contributed by atoms with Crippen LogP contribution in [0.1, 0.15) is 11.1 Å². The molecule has 6 heteroatoms. The third-order valence-electron chi connectivity index (χ3n) is 8.44. The first-order valence-electron chi connectivity index (χ1n) is 15.3. The Bertz CT molecular complexity index is 2290. The van der Waals surface area contributed by atoms with E-state index in [-0.39, 0.29) is 0 Å². The molecule has 2 heterocycles. The summed E-state index contributed by atoms with van der Waals surface area (Å²) >= 11 is 4.15. The molecule has 0 fully saturated rings. The highest BCUT2D eigenvalue weighted by molar-refractivity contribution is 7.79. The molecule has 8 rings (SSSR count). The molecular weight excluding hydrogens is 595 g/mol. The highest BCUT2D eigenvalue weighted by Crippen LogP contribution is 2.38. The molecule has 2 aromatic heterocycles. The number of hydrogen-bond donors (Lipinski definition) is 2. The lowest BCUT2D eigenvalue weighted by molar-refractivity contribution is 1.18. The Kier molecular flexibility index (Phi) is 7.32. The van der Waals surface area contributed by atoms with Crippen molar-refractivity contribution >= 4 is 41.2 Å². The fraction of sp³-hybridized carbons (Fsp3) is 0. The van der Waals surface area contributed by atoms with Crippen molar-refractivity contribution in [3.8, 4) is 56.3 Å². The van der Waals surface area contributed by atoms with Crippen LogP contribution in [0.15, 0.2) is 150 Å². The van der Waals surface area contributed by atoms with Gasteiger partial charge in [0.2, 0.25) is 0 Å². The minimum atomic E-state index is 0.335. The molecule has 0 unspecified atom stereocenters. The molecule has 5 nitrogen and oxygen atoms in total. The van der Waals surface area contributed by atoms with Crippen molar-refractivity contribution in [3.05, 3.63) is 157 Å². The van der Waals surface area contributed by atoms with Crippen molar-refractivity contribution in [1.82, 2.24) is 15.0 Å². The van der Waals surface area contributed by atoms with E-state index in [2.05, 4.69) is 71.8 Å². The Morgan fingerprint density at radius 3 is 1.74 bits per heavy atom. The molecule has 1 aliphatic rings. The Labute approximate surface area is 278 Å². The van der Waals surface area contributed by atoms with E-state index in [4.69, 9.17) is 20.4 Å². The second-order valence-corrected chi connectivity index (χ2v) is 11.5. The number of thiol groups is 1. The van der Waals surface area contributed by atoms with Gasteiger partial charge in [0.25, 0.3) is 0 Å². The topological polar surface area (TPSA) is 74.9 Å². The molecule has 0 amide bonds. The number of pyridine rings is 1. The van der Waals surface area contributed by atoms with Crippen molar-refractivity contribution in [2.45, 2.75) is 0 Å². The third kappa shape index (κ3) is 5.25. The second kappa shape index (κ2) is 12.1. The summed E-state index contributed by atoms with van der Waals surface area (Å²) in [6.45, 7) is 0. The normalized spacial score (nSPS) is 13.2. The number of nitrogens with one attached hydrogen (secondary N) is 1. The lowest BCUT2D eigenvalue weighted by Gasteiger charge is -2.20. The minimum absolute atomic E-state index is 0.335. The van der Waals surface area contributed by atoms with Gasteiger partial charge in [-0.1, -0.05) is 133 Å². The van der Waals surface area contributed by atoms with Gasteiger partial charge in [0.1, 0.15) is 0 Å². The number of hydrogen-bond acceptors (Lipinski definition) is 6. The molecular formula is C41H27N5S. The van der Waals surface area contributed by atoms with E-state index < -0.39 is 0 Å². The average molecular weight is 622 g/mol. The van der Waals surface area contributed by atoms with Crippen LogP contribution in [0.4, 0.5) is 0 Å². The van der Waals surface area contributed by atoms with Gasteiger partial charge < -0.3 is 0 Å². The van der Waals surface area contributed by atoms with Gasteiger partial charge in [-0.25, -0.2) is 19.3 Å². The summed E-state index contributed by atoms with van der Waals surface area (Å²) in [7, 11) is 0. The van der Waals surface area contributed by atoms with Gasteiger partial charge in [-0.05, 0) is 36.6 Å². The summed E-state index contributed by atoms with van der Waals surface area (Å²) in [6.07, 6.45) is 3.83. The standard InChI is InChI=1S/C41H27N5S/c42-38-34(46-47)24-23-33-37(38)32-18-10-17-31(40(32)45-39(33)29-13-6-2-7-14-29)26-19-21-28(22-20-26)36-25-35(27-11-4-1-5-12-27)43-41(44-36)30-15-8-3-9-16-30/h1-25,42,47H. The van der Waals surface area contributed by atoms with Gasteiger partial charge in [0.05, 0.1) is 34.0 Å². The highest BCUT2D eigenvalue weighted by atomic mass is 32.1. The van der Waals surface area contributed by atoms with Gasteiger partial charge in [0.15, 0.2) is 5.82 Å². The molecule has 0 radical (unpaired) electrons. The quantitative estimate of drug-likeness (QED) is 0.188. The summed E-state index contributed by atoms with van der Waals surface area (Å²) < 4.78 is 4.08. The van der Waals surface area contributed by atoms with Crippen LogP contribution in [0.25, 0.3) is 73.3 Å². The lowest BCUT2D eigenvalue weighted by Crippen LogP contribution is -2.18. The van der Waals surface area contributed by atoms with E-state index in [9.17, 15) is 0 Å². The van der Waals surface area contributed by atoms with E-state index in [1.807, 2.05) is 97.1 Å². The molecule has 0 spiro atoms. The summed E-state index contributed by atoms with van der Waals surface area (Å²) in [6, 6.07) is 47.1. The van der Waals surface area contributed by atoms with E-state index in [1.165, 1.54) is 0 Å². The number of allylic oxidation sites excluding steroid dienone is 1. The second-order valence-electron chi connectivity index (χ2n) is 11.3. The number of fused-ring (bicyclic) bond motifs is 3. The fourth-order valence-electron chi connectivity index (χ4n) is 6.13. The predicted molar refractivity (Wildman–Crippen MR) is 197 cm³/mol. The van der Waals surface area contributed by atoms with Crippen molar-refractivity contribution in [3.63, 3.8) is 0 Å². The largest absolute Gasteiger partial charge is 0.298 e. The summed E-state index contributed by atoms with van der Waals surface area (Å²) in [5.41, 5.74) is 12.0. The third-order valence-corrected chi connectivity index (χ3v) is 8.66. The zero-order valence-electron chi connectivity index (χ0n) is 25.2. The van der Waals surface area contributed by atoms with E-state index in [1.54, 1.807) is 0 Å². The van der Waals surface area contributed by atoms with Gasteiger partial charge >= 0.3 is 0 Å². The summed E-state index contributed by atoms with van der Waals surface area (Å²) in [5, 5.41) is 9.96. The highest BCUT2D eigenvalue weighted by Gasteiger charge is 2.24. The zero-order valence-corrected chi connectivity index (χ0v) is 26.1. The molecule has 0 aliphatic heterocycles. The van der Waals surface area contributed by atoms with Crippen LogP contribution >= 0.6 is 12.8 Å². The van der Waals surface area contributed by atoms with Gasteiger partial charge in [-0.15, -0.1) is 0 Å². The number of aromatic nitrogens is 3. The molecule has 0 saturated carbocycles. The number of para-hydroxylation sites is 1. The smallest absolute Gasteiger partial charge is 0.160 e. The maximum absolute atomic E-state index is 9.06. The van der Waals surface area contributed by atoms with Crippen LogP contribution < -0.4 is 0 Å². The molecule has 222 valence electrons. The SMILES string of the molecule is N=C1C(=NS)C=Cc2c(-c3ccccc3)nc3c(-c4ccc(-c5cc(-c6ccccc6)nc(-c6ccccc6)n5)cc4)cccc3c21. The molecule has 0 bridgehead atoms. The van der Waals surface area contributed by atoms with Gasteiger partial charge in [0, 0.05) is 44.3 Å². The number of rotatable bonds is 5. The van der Waals surface area contributed by atoms with Crippen LogP contribution in [0.5, 0.6) is 0 Å². The molecule has 7 aromatic rings. The molecule has 1 N–H and O–H groups in total. The molecule has 0 saturated heterocycles.